The summed E-state index contributed by atoms with van der Waals surface area (Å²) in [6, 6.07) is 12.9. The number of amides is 1. The molecule has 0 saturated heterocycles. The highest BCUT2D eigenvalue weighted by atomic mass is 19.1. The number of anilines is 1. The topological polar surface area (TPSA) is 94.4 Å². The Morgan fingerprint density at radius 3 is 2.74 bits per heavy atom. The van der Waals surface area contributed by atoms with Crippen LogP contribution in [0.25, 0.3) is 11.1 Å². The minimum atomic E-state index is -0.546. The predicted octanol–water partition coefficient (Wildman–Crippen LogP) is 4.06. The van der Waals surface area contributed by atoms with Crippen molar-refractivity contribution in [2.75, 3.05) is 12.4 Å². The van der Waals surface area contributed by atoms with Gasteiger partial charge in [0, 0.05) is 35.6 Å². The quantitative estimate of drug-likeness (QED) is 0.542. The highest BCUT2D eigenvalue weighted by molar-refractivity contribution is 6.03. The smallest absolute Gasteiger partial charge is 0.274 e. The van der Waals surface area contributed by atoms with Crippen molar-refractivity contribution < 1.29 is 18.8 Å². The summed E-state index contributed by atoms with van der Waals surface area (Å²) >= 11 is 0. The third kappa shape index (κ3) is 4.06. The molecule has 8 heteroatoms. The van der Waals surface area contributed by atoms with Crippen LogP contribution in [0.1, 0.15) is 10.5 Å². The van der Waals surface area contributed by atoms with Gasteiger partial charge in [-0.3, -0.25) is 19.9 Å². The van der Waals surface area contributed by atoms with E-state index >= 15 is 0 Å². The summed E-state index contributed by atoms with van der Waals surface area (Å²) in [6.45, 7) is 0. The summed E-state index contributed by atoms with van der Waals surface area (Å²) in [7, 11) is 1.43. The number of methoxy groups -OCH3 is 1. The maximum absolute atomic E-state index is 13.4. The molecule has 0 atom stereocenters. The van der Waals surface area contributed by atoms with E-state index in [4.69, 9.17) is 4.74 Å². The van der Waals surface area contributed by atoms with Crippen molar-refractivity contribution in [2.24, 2.45) is 0 Å². The standard InChI is InChI=1S/C19H14FN3O4/c1-27-18-10-13(20)5-6-16(18)12-7-8-21-17(9-12)19(24)22-14-3-2-4-15(11-14)23(25)26/h2-11H,1H3,(H,22,24). The average molecular weight is 367 g/mol. The van der Waals surface area contributed by atoms with Gasteiger partial charge in [0.15, 0.2) is 0 Å². The van der Waals surface area contributed by atoms with E-state index in [9.17, 15) is 19.3 Å². The van der Waals surface area contributed by atoms with Crippen LogP contribution >= 0.6 is 0 Å². The van der Waals surface area contributed by atoms with Gasteiger partial charge in [-0.1, -0.05) is 6.07 Å². The van der Waals surface area contributed by atoms with Gasteiger partial charge < -0.3 is 10.1 Å². The number of halogens is 1. The summed E-state index contributed by atoms with van der Waals surface area (Å²) in [6.07, 6.45) is 1.44. The maximum Gasteiger partial charge on any atom is 0.274 e. The Labute approximate surface area is 153 Å². The molecule has 0 aliphatic heterocycles. The molecule has 0 saturated carbocycles. The Kier molecular flexibility index (Phi) is 5.07. The second-order valence-electron chi connectivity index (χ2n) is 5.54. The number of non-ortho nitro benzene ring substituents is 1. The fraction of sp³-hybridized carbons (Fsp3) is 0.0526. The molecule has 0 bridgehead atoms. The van der Waals surface area contributed by atoms with Gasteiger partial charge in [0.25, 0.3) is 11.6 Å². The normalized spacial score (nSPS) is 10.3. The van der Waals surface area contributed by atoms with Crippen LogP contribution in [-0.4, -0.2) is 22.9 Å². The second kappa shape index (κ2) is 7.61. The second-order valence-corrected chi connectivity index (χ2v) is 5.54. The van der Waals surface area contributed by atoms with E-state index in [0.29, 0.717) is 16.9 Å². The molecule has 0 aliphatic rings. The van der Waals surface area contributed by atoms with E-state index < -0.39 is 16.6 Å². The summed E-state index contributed by atoms with van der Waals surface area (Å²) in [5, 5.41) is 13.4. The SMILES string of the molecule is COc1cc(F)ccc1-c1ccnc(C(=O)Nc2cccc([N+](=O)[O-])c2)c1. The zero-order valence-corrected chi connectivity index (χ0v) is 14.2. The largest absolute Gasteiger partial charge is 0.496 e. The van der Waals surface area contributed by atoms with E-state index in [1.54, 1.807) is 12.1 Å². The number of aromatic nitrogens is 1. The van der Waals surface area contributed by atoms with E-state index in [-0.39, 0.29) is 17.1 Å². The van der Waals surface area contributed by atoms with Gasteiger partial charge in [0.2, 0.25) is 0 Å². The van der Waals surface area contributed by atoms with Crippen molar-refractivity contribution in [1.82, 2.24) is 4.98 Å². The Hall–Kier alpha value is -3.81. The number of nitro groups is 1. The van der Waals surface area contributed by atoms with Crippen molar-refractivity contribution in [3.05, 3.63) is 82.4 Å². The number of nitrogens with one attached hydrogen (secondary N) is 1. The van der Waals surface area contributed by atoms with Gasteiger partial charge in [-0.2, -0.15) is 0 Å². The monoisotopic (exact) mass is 367 g/mol. The van der Waals surface area contributed by atoms with Crippen LogP contribution in [0.5, 0.6) is 5.75 Å². The first-order chi connectivity index (χ1) is 13.0. The van der Waals surface area contributed by atoms with Crippen LogP contribution in [0.2, 0.25) is 0 Å². The molecule has 136 valence electrons. The van der Waals surface area contributed by atoms with Gasteiger partial charge in [0.05, 0.1) is 12.0 Å². The average Bonchev–Trinajstić information content (AvgIpc) is 2.68. The molecule has 0 spiro atoms. The molecule has 0 fully saturated rings. The number of nitrogens with zero attached hydrogens (tertiary/aromatic N) is 2. The number of pyridine rings is 1. The Morgan fingerprint density at radius 2 is 2.00 bits per heavy atom. The lowest BCUT2D eigenvalue weighted by molar-refractivity contribution is -0.384. The lowest BCUT2D eigenvalue weighted by Crippen LogP contribution is -2.13. The fourth-order valence-electron chi connectivity index (χ4n) is 2.52. The molecule has 0 unspecified atom stereocenters. The molecular weight excluding hydrogens is 353 g/mol. The van der Waals surface area contributed by atoms with E-state index in [2.05, 4.69) is 10.3 Å². The van der Waals surface area contributed by atoms with Gasteiger partial charge >= 0.3 is 0 Å². The molecule has 3 aromatic rings. The molecule has 1 aromatic heterocycles. The van der Waals surface area contributed by atoms with Gasteiger partial charge in [-0.25, -0.2) is 4.39 Å². The molecule has 7 nitrogen and oxygen atoms in total. The molecule has 0 aliphatic carbocycles. The Bertz CT molecular complexity index is 1020. The Morgan fingerprint density at radius 1 is 1.19 bits per heavy atom. The summed E-state index contributed by atoms with van der Waals surface area (Å²) in [5.74, 6) is -0.641. The lowest BCUT2D eigenvalue weighted by Gasteiger charge is -2.10. The molecular formula is C19H14FN3O4. The van der Waals surface area contributed by atoms with Crippen molar-refractivity contribution in [1.29, 1.82) is 0 Å². The lowest BCUT2D eigenvalue weighted by atomic mass is 10.0. The van der Waals surface area contributed by atoms with Gasteiger partial charge in [-0.15, -0.1) is 0 Å². The molecule has 2 aromatic carbocycles. The Balaban J connectivity index is 1.88. The number of carbonyl (C=O) groups excluding carboxylic acids is 1. The van der Waals surface area contributed by atoms with Crippen LogP contribution < -0.4 is 10.1 Å². The molecule has 3 rings (SSSR count). The number of ether oxygens (including phenoxy) is 1. The molecule has 1 N–H and O–H groups in total. The third-order valence-electron chi connectivity index (χ3n) is 3.78. The fourth-order valence-corrected chi connectivity index (χ4v) is 2.52. The number of hydrogen-bond acceptors (Lipinski definition) is 5. The van der Waals surface area contributed by atoms with Crippen LogP contribution in [0, 0.1) is 15.9 Å². The first-order valence-corrected chi connectivity index (χ1v) is 7.83. The number of rotatable bonds is 5. The van der Waals surface area contributed by atoms with Crippen LogP contribution in [0.15, 0.2) is 60.8 Å². The van der Waals surface area contributed by atoms with E-state index in [1.807, 2.05) is 0 Å². The first-order valence-electron chi connectivity index (χ1n) is 7.83. The highest BCUT2D eigenvalue weighted by Gasteiger charge is 2.13. The van der Waals surface area contributed by atoms with Crippen molar-refractivity contribution in [3.8, 4) is 16.9 Å². The van der Waals surface area contributed by atoms with E-state index in [1.165, 1.54) is 55.8 Å². The van der Waals surface area contributed by atoms with Gasteiger partial charge in [0.1, 0.15) is 17.3 Å². The zero-order chi connectivity index (χ0) is 19.4. The summed E-state index contributed by atoms with van der Waals surface area (Å²) in [4.78, 5) is 26.8. The maximum atomic E-state index is 13.4. The summed E-state index contributed by atoms with van der Waals surface area (Å²) < 4.78 is 18.6. The number of hydrogen-bond donors (Lipinski definition) is 1. The van der Waals surface area contributed by atoms with Crippen LogP contribution in [0.3, 0.4) is 0 Å². The van der Waals surface area contributed by atoms with Crippen molar-refractivity contribution >= 4 is 17.3 Å². The third-order valence-corrected chi connectivity index (χ3v) is 3.78. The van der Waals surface area contributed by atoms with Crippen molar-refractivity contribution in [2.45, 2.75) is 0 Å². The first kappa shape index (κ1) is 18.0. The minimum Gasteiger partial charge on any atom is -0.496 e. The predicted molar refractivity (Wildman–Crippen MR) is 97.2 cm³/mol. The number of nitro benzene ring substituents is 1. The van der Waals surface area contributed by atoms with Gasteiger partial charge in [-0.05, 0) is 35.9 Å². The molecule has 27 heavy (non-hydrogen) atoms. The molecule has 1 amide bonds. The van der Waals surface area contributed by atoms with Crippen LogP contribution in [-0.2, 0) is 0 Å². The van der Waals surface area contributed by atoms with Crippen molar-refractivity contribution in [3.63, 3.8) is 0 Å². The molecule has 1 heterocycles. The van der Waals surface area contributed by atoms with E-state index in [0.717, 1.165) is 0 Å². The number of benzene rings is 2. The summed E-state index contributed by atoms with van der Waals surface area (Å²) in [5.41, 5.74) is 1.47. The zero-order valence-electron chi connectivity index (χ0n) is 14.2. The molecule has 0 radical (unpaired) electrons. The minimum absolute atomic E-state index is 0.102. The highest BCUT2D eigenvalue weighted by Crippen LogP contribution is 2.30. The number of carbonyl (C=O) groups is 1. The van der Waals surface area contributed by atoms with Crippen LogP contribution in [0.4, 0.5) is 15.8 Å².